The van der Waals surface area contributed by atoms with Crippen molar-refractivity contribution in [1.82, 2.24) is 5.43 Å². The molecule has 1 fully saturated rings. The van der Waals surface area contributed by atoms with Gasteiger partial charge in [-0.25, -0.2) is 10.3 Å². The summed E-state index contributed by atoms with van der Waals surface area (Å²) in [5.74, 6) is -3.95. The van der Waals surface area contributed by atoms with Gasteiger partial charge in [-0.1, -0.05) is 64.5 Å². The third-order valence-electron chi connectivity index (χ3n) is 8.64. The van der Waals surface area contributed by atoms with Crippen molar-refractivity contribution in [2.75, 3.05) is 4.90 Å². The highest BCUT2D eigenvalue weighted by Gasteiger charge is 2.68. The molecule has 1 heterocycles. The molecule has 0 radical (unpaired) electrons. The van der Waals surface area contributed by atoms with Gasteiger partial charge in [-0.05, 0) is 52.6 Å². The van der Waals surface area contributed by atoms with Crippen LogP contribution in [-0.4, -0.2) is 34.0 Å². The Hall–Kier alpha value is -5.16. The fourth-order valence-corrected chi connectivity index (χ4v) is 7.23. The molecule has 0 unspecified atom stereocenters. The highest BCUT2D eigenvalue weighted by molar-refractivity contribution is 9.10. The largest absolute Gasteiger partial charge is 0.507 e. The van der Waals surface area contributed by atoms with Gasteiger partial charge in [0.25, 0.3) is 11.6 Å². The molecular formula is C32H21BrN4O6. The standard InChI is InChI=1S/C32H21BrN4O6/c33-17-9-11-18(12-10-17)36-30(40)27-26-20-5-1-3-7-23(20)32(28(27)31(36)41,24-8-4-2-6-21(24)26)16-34-35-29(39)22-15-19(37(42)43)13-14-25(22)38/h1-16,26-28,38H,(H,35,39)/b34-16-/t26?,27-,28-,32?/m0/s1. The summed E-state index contributed by atoms with van der Waals surface area (Å²) in [5, 5.41) is 25.7. The van der Waals surface area contributed by atoms with E-state index in [1.54, 1.807) is 24.3 Å². The second kappa shape index (κ2) is 9.70. The van der Waals surface area contributed by atoms with E-state index in [-0.39, 0.29) is 29.0 Å². The number of nitro groups is 1. The zero-order valence-electron chi connectivity index (χ0n) is 22.2. The highest BCUT2D eigenvalue weighted by atomic mass is 79.9. The van der Waals surface area contributed by atoms with Crippen LogP contribution in [0.5, 0.6) is 5.75 Å². The smallest absolute Gasteiger partial charge is 0.275 e. The van der Waals surface area contributed by atoms with Gasteiger partial charge in [0, 0.05) is 28.7 Å². The van der Waals surface area contributed by atoms with Gasteiger partial charge in [-0.3, -0.25) is 24.5 Å². The van der Waals surface area contributed by atoms with E-state index in [9.17, 15) is 29.6 Å². The maximum Gasteiger partial charge on any atom is 0.275 e. The maximum atomic E-state index is 14.4. The predicted molar refractivity (Wildman–Crippen MR) is 160 cm³/mol. The fraction of sp³-hybridized carbons (Fsp3) is 0.125. The van der Waals surface area contributed by atoms with Crippen molar-refractivity contribution in [1.29, 1.82) is 0 Å². The van der Waals surface area contributed by atoms with Crippen molar-refractivity contribution in [3.63, 3.8) is 0 Å². The minimum atomic E-state index is -1.22. The molecule has 3 aliphatic carbocycles. The van der Waals surface area contributed by atoms with Crippen molar-refractivity contribution in [2.45, 2.75) is 11.3 Å². The van der Waals surface area contributed by atoms with E-state index in [4.69, 9.17) is 0 Å². The number of non-ortho nitro benzene ring substituents is 1. The molecule has 4 aliphatic rings. The number of hydrogen-bond acceptors (Lipinski definition) is 7. The Bertz CT molecular complexity index is 1860. The Kier molecular flexibility index (Phi) is 6.03. The monoisotopic (exact) mass is 636 g/mol. The number of nitro benzene ring substituents is 1. The zero-order valence-corrected chi connectivity index (χ0v) is 23.8. The molecular weight excluding hydrogens is 616 g/mol. The summed E-state index contributed by atoms with van der Waals surface area (Å²) in [7, 11) is 0. The van der Waals surface area contributed by atoms with Crippen LogP contribution in [-0.2, 0) is 15.0 Å². The van der Waals surface area contributed by atoms with Gasteiger partial charge in [0.15, 0.2) is 0 Å². The van der Waals surface area contributed by atoms with Crippen molar-refractivity contribution >= 4 is 51.2 Å². The molecule has 2 N–H and O–H groups in total. The van der Waals surface area contributed by atoms with E-state index in [1.807, 2.05) is 48.5 Å². The second-order valence-electron chi connectivity index (χ2n) is 10.7. The van der Waals surface area contributed by atoms with Crippen LogP contribution in [0.4, 0.5) is 11.4 Å². The molecule has 1 saturated heterocycles. The van der Waals surface area contributed by atoms with Crippen molar-refractivity contribution < 1.29 is 24.4 Å². The normalized spacial score (nSPS) is 23.2. The average molecular weight is 637 g/mol. The molecule has 212 valence electrons. The quantitative estimate of drug-likeness (QED) is 0.136. The third kappa shape index (κ3) is 3.77. The van der Waals surface area contributed by atoms with Crippen LogP contribution in [0, 0.1) is 22.0 Å². The van der Waals surface area contributed by atoms with Crippen molar-refractivity contribution in [3.8, 4) is 5.75 Å². The molecule has 11 heteroatoms. The van der Waals surface area contributed by atoms with Crippen LogP contribution in [0.1, 0.15) is 38.5 Å². The number of phenolic OH excluding ortho intramolecular Hbond substituents is 1. The van der Waals surface area contributed by atoms with Crippen LogP contribution < -0.4 is 10.3 Å². The summed E-state index contributed by atoms with van der Waals surface area (Å²) in [6, 6.07) is 25.3. The number of phenols is 1. The average Bonchev–Trinajstić information content (AvgIpc) is 3.28. The van der Waals surface area contributed by atoms with Crippen molar-refractivity contribution in [3.05, 3.63) is 133 Å². The number of amides is 3. The third-order valence-corrected chi connectivity index (χ3v) is 9.17. The highest BCUT2D eigenvalue weighted by Crippen LogP contribution is 2.63. The summed E-state index contributed by atoms with van der Waals surface area (Å²) in [4.78, 5) is 53.4. The molecule has 0 spiro atoms. The van der Waals surface area contributed by atoms with Gasteiger partial charge in [-0.2, -0.15) is 5.10 Å². The van der Waals surface area contributed by atoms with Crippen LogP contribution in [0.2, 0.25) is 0 Å². The first kappa shape index (κ1) is 26.7. The molecule has 2 atom stereocenters. The number of hydrazone groups is 1. The zero-order chi connectivity index (χ0) is 30.0. The van der Waals surface area contributed by atoms with E-state index < -0.39 is 33.8 Å². The maximum absolute atomic E-state index is 14.4. The number of halogens is 1. The lowest BCUT2D eigenvalue weighted by Gasteiger charge is -2.52. The topological polar surface area (TPSA) is 142 Å². The summed E-state index contributed by atoms with van der Waals surface area (Å²) >= 11 is 3.41. The van der Waals surface area contributed by atoms with Crippen LogP contribution in [0.25, 0.3) is 0 Å². The lowest BCUT2D eigenvalue weighted by atomic mass is 9.47. The van der Waals surface area contributed by atoms with Gasteiger partial charge in [-0.15, -0.1) is 0 Å². The number of anilines is 1. The van der Waals surface area contributed by atoms with E-state index in [0.717, 1.165) is 44.9 Å². The van der Waals surface area contributed by atoms with E-state index in [0.29, 0.717) is 5.69 Å². The molecule has 1 aliphatic heterocycles. The van der Waals surface area contributed by atoms with Gasteiger partial charge in [0.05, 0.1) is 33.4 Å². The SMILES string of the molecule is O=C(N/N=C\C12c3ccccc3C(c3ccccc31)[C@@H]1C(=O)N(c3ccc(Br)cc3)C(=O)[C@H]12)c1cc([N+](=O)[O-])ccc1O. The minimum Gasteiger partial charge on any atom is -0.507 e. The Morgan fingerprint density at radius 1 is 0.953 bits per heavy atom. The minimum absolute atomic E-state index is 0.311. The lowest BCUT2D eigenvalue weighted by Crippen LogP contribution is -2.54. The second-order valence-corrected chi connectivity index (χ2v) is 11.6. The number of rotatable bonds is 5. The molecule has 0 aromatic heterocycles. The van der Waals surface area contributed by atoms with E-state index >= 15 is 0 Å². The summed E-state index contributed by atoms with van der Waals surface area (Å²) in [6.07, 6.45) is 1.49. The number of benzene rings is 4. The molecule has 10 nitrogen and oxygen atoms in total. The van der Waals surface area contributed by atoms with E-state index in [2.05, 4.69) is 26.5 Å². The number of imide groups is 1. The van der Waals surface area contributed by atoms with Crippen LogP contribution >= 0.6 is 15.9 Å². The summed E-state index contributed by atoms with van der Waals surface area (Å²) < 4.78 is 0.807. The Balaban J connectivity index is 1.37. The lowest BCUT2D eigenvalue weighted by molar-refractivity contribution is -0.384. The number of aromatic hydroxyl groups is 1. The van der Waals surface area contributed by atoms with Gasteiger partial charge < -0.3 is 5.11 Å². The number of nitrogens with one attached hydrogen (secondary N) is 1. The van der Waals surface area contributed by atoms with Crippen molar-refractivity contribution in [2.24, 2.45) is 16.9 Å². The number of carbonyl (C=O) groups excluding carboxylic acids is 3. The number of hydrogen-bond donors (Lipinski definition) is 2. The predicted octanol–water partition coefficient (Wildman–Crippen LogP) is 5.03. The van der Waals surface area contributed by atoms with Crippen LogP contribution in [0.15, 0.2) is 101 Å². The first-order valence-electron chi connectivity index (χ1n) is 13.4. The number of carbonyl (C=O) groups is 3. The first-order chi connectivity index (χ1) is 20.7. The van der Waals surface area contributed by atoms with Gasteiger partial charge in [0.1, 0.15) is 5.75 Å². The fourth-order valence-electron chi connectivity index (χ4n) is 6.97. The number of nitrogens with zero attached hydrogens (tertiary/aromatic N) is 3. The molecule has 8 rings (SSSR count). The molecule has 3 amide bonds. The molecule has 4 aromatic carbocycles. The van der Waals surface area contributed by atoms with Gasteiger partial charge in [0.2, 0.25) is 11.8 Å². The summed E-state index contributed by atoms with van der Waals surface area (Å²) in [6.45, 7) is 0. The van der Waals surface area contributed by atoms with Crippen LogP contribution in [0.3, 0.4) is 0 Å². The molecule has 2 bridgehead atoms. The first-order valence-corrected chi connectivity index (χ1v) is 14.2. The molecule has 4 aromatic rings. The summed E-state index contributed by atoms with van der Waals surface area (Å²) in [5.41, 5.74) is 4.32. The van der Waals surface area contributed by atoms with E-state index in [1.165, 1.54) is 11.1 Å². The Morgan fingerprint density at radius 2 is 1.58 bits per heavy atom. The van der Waals surface area contributed by atoms with Gasteiger partial charge >= 0.3 is 0 Å². The molecule has 43 heavy (non-hydrogen) atoms. The Labute approximate surface area is 252 Å². The Morgan fingerprint density at radius 3 is 2.21 bits per heavy atom. The molecule has 0 saturated carbocycles.